The van der Waals surface area contributed by atoms with E-state index in [1.807, 2.05) is 0 Å². The Morgan fingerprint density at radius 2 is 1.09 bits per heavy atom. The average Bonchev–Trinajstić information content (AvgIpc) is 2.56. The van der Waals surface area contributed by atoms with Gasteiger partial charge in [0.05, 0.1) is 11.0 Å². The summed E-state index contributed by atoms with van der Waals surface area (Å²) in [6.45, 7) is 2.26. The summed E-state index contributed by atoms with van der Waals surface area (Å²) in [5.74, 6) is 0.440. The van der Waals surface area contributed by atoms with Gasteiger partial charge in [0.15, 0.2) is 9.84 Å². The number of rotatable bonds is 14. The van der Waals surface area contributed by atoms with Crippen LogP contribution in [0.2, 0.25) is 0 Å². The molecule has 3 heteroatoms. The largest absolute Gasteiger partial charge is 0.229 e. The highest BCUT2D eigenvalue weighted by Crippen LogP contribution is 2.25. The first-order chi connectivity index (χ1) is 11.2. The normalized spacial score (nSPS) is 16.7. The monoisotopic (exact) mass is 344 g/mol. The van der Waals surface area contributed by atoms with Gasteiger partial charge in [0.25, 0.3) is 0 Å². The van der Waals surface area contributed by atoms with Gasteiger partial charge in [-0.2, -0.15) is 0 Å². The molecule has 1 aliphatic rings. The van der Waals surface area contributed by atoms with Crippen molar-refractivity contribution in [3.63, 3.8) is 0 Å². The third kappa shape index (κ3) is 10.4. The van der Waals surface area contributed by atoms with Crippen LogP contribution in [0.5, 0.6) is 0 Å². The topological polar surface area (TPSA) is 34.1 Å². The molecule has 0 saturated heterocycles. The lowest BCUT2D eigenvalue weighted by atomic mass is 10.0. The predicted octanol–water partition coefficient (Wildman–Crippen LogP) is 6.44. The van der Waals surface area contributed by atoms with Gasteiger partial charge in [-0.25, -0.2) is 8.42 Å². The molecule has 138 valence electrons. The van der Waals surface area contributed by atoms with Crippen LogP contribution in [0.4, 0.5) is 0 Å². The molecule has 0 aromatic carbocycles. The molecule has 1 aliphatic carbocycles. The second kappa shape index (κ2) is 13.3. The van der Waals surface area contributed by atoms with Crippen molar-refractivity contribution in [2.45, 2.75) is 121 Å². The second-order valence-electron chi connectivity index (χ2n) is 7.52. The highest BCUT2D eigenvalue weighted by Gasteiger charge is 2.26. The molecule has 0 aliphatic heterocycles. The molecule has 1 rings (SSSR count). The van der Waals surface area contributed by atoms with Gasteiger partial charge in [-0.15, -0.1) is 0 Å². The van der Waals surface area contributed by atoms with Crippen LogP contribution in [-0.4, -0.2) is 19.4 Å². The minimum Gasteiger partial charge on any atom is -0.229 e. The Bertz CT molecular complexity index is 356. The lowest BCUT2D eigenvalue weighted by Crippen LogP contribution is -2.26. The number of sulfone groups is 1. The first-order valence-electron chi connectivity index (χ1n) is 10.4. The summed E-state index contributed by atoms with van der Waals surface area (Å²) in [4.78, 5) is 0. The Balaban J connectivity index is 1.89. The van der Waals surface area contributed by atoms with E-state index in [9.17, 15) is 8.42 Å². The highest BCUT2D eigenvalue weighted by atomic mass is 32.2. The molecular formula is C20H40O2S. The zero-order chi connectivity index (χ0) is 16.8. The SMILES string of the molecule is CCCCCCCCCCCCCCS(=O)(=O)C1CCCCC1. The molecule has 1 saturated carbocycles. The first-order valence-corrected chi connectivity index (χ1v) is 12.1. The first kappa shape index (κ1) is 21.0. The Kier molecular flexibility index (Phi) is 12.1. The summed E-state index contributed by atoms with van der Waals surface area (Å²) >= 11 is 0. The highest BCUT2D eigenvalue weighted by molar-refractivity contribution is 7.92. The minimum atomic E-state index is -2.80. The molecule has 0 bridgehead atoms. The van der Waals surface area contributed by atoms with Crippen LogP contribution in [0.25, 0.3) is 0 Å². The summed E-state index contributed by atoms with van der Waals surface area (Å²) in [5, 5.41) is -0.0102. The Labute approximate surface area is 145 Å². The maximum atomic E-state index is 12.3. The zero-order valence-corrected chi connectivity index (χ0v) is 16.3. The fourth-order valence-corrected chi connectivity index (χ4v) is 5.73. The molecule has 0 aromatic rings. The third-order valence-electron chi connectivity index (χ3n) is 5.34. The summed E-state index contributed by atoms with van der Waals surface area (Å²) in [7, 11) is -2.80. The van der Waals surface area contributed by atoms with Gasteiger partial charge in [0.2, 0.25) is 0 Å². The Hall–Kier alpha value is -0.0500. The molecule has 23 heavy (non-hydrogen) atoms. The van der Waals surface area contributed by atoms with Gasteiger partial charge in [0, 0.05) is 0 Å². The molecule has 0 heterocycles. The van der Waals surface area contributed by atoms with Crippen LogP contribution in [0.1, 0.15) is 116 Å². The van der Waals surface area contributed by atoms with Crippen molar-refractivity contribution in [3.05, 3.63) is 0 Å². The molecule has 0 atom stereocenters. The molecule has 0 spiro atoms. The van der Waals surface area contributed by atoms with Crippen LogP contribution in [0.15, 0.2) is 0 Å². The molecule has 0 N–H and O–H groups in total. The van der Waals surface area contributed by atoms with Crippen LogP contribution in [0.3, 0.4) is 0 Å². The quantitative estimate of drug-likeness (QED) is 0.340. The average molecular weight is 345 g/mol. The van der Waals surface area contributed by atoms with E-state index in [2.05, 4.69) is 6.92 Å². The summed E-state index contributed by atoms with van der Waals surface area (Å²) in [6.07, 6.45) is 20.8. The van der Waals surface area contributed by atoms with E-state index in [4.69, 9.17) is 0 Å². The number of hydrogen-bond donors (Lipinski definition) is 0. The smallest absolute Gasteiger partial charge is 0.153 e. The van der Waals surface area contributed by atoms with Gasteiger partial charge in [-0.05, 0) is 19.3 Å². The molecule has 0 aromatic heterocycles. The zero-order valence-electron chi connectivity index (χ0n) is 15.5. The van der Waals surface area contributed by atoms with E-state index in [0.29, 0.717) is 5.75 Å². The maximum absolute atomic E-state index is 12.3. The lowest BCUT2D eigenvalue weighted by molar-refractivity contribution is 0.482. The van der Waals surface area contributed by atoms with Gasteiger partial charge < -0.3 is 0 Å². The summed E-state index contributed by atoms with van der Waals surface area (Å²) < 4.78 is 24.5. The molecule has 0 unspecified atom stereocenters. The molecule has 0 amide bonds. The van der Waals surface area contributed by atoms with E-state index in [1.165, 1.54) is 70.6 Å². The number of hydrogen-bond acceptors (Lipinski definition) is 2. The molecule has 1 fully saturated rings. The summed E-state index contributed by atoms with van der Waals surface area (Å²) in [6, 6.07) is 0. The van der Waals surface area contributed by atoms with Gasteiger partial charge in [0.1, 0.15) is 0 Å². The van der Waals surface area contributed by atoms with Crippen LogP contribution < -0.4 is 0 Å². The van der Waals surface area contributed by atoms with Crippen molar-refractivity contribution in [2.75, 3.05) is 5.75 Å². The Morgan fingerprint density at radius 3 is 1.57 bits per heavy atom. The lowest BCUT2D eigenvalue weighted by Gasteiger charge is -2.21. The van der Waals surface area contributed by atoms with Crippen LogP contribution >= 0.6 is 0 Å². The van der Waals surface area contributed by atoms with Crippen molar-refractivity contribution in [2.24, 2.45) is 0 Å². The van der Waals surface area contributed by atoms with E-state index < -0.39 is 9.84 Å². The van der Waals surface area contributed by atoms with Crippen molar-refractivity contribution >= 4 is 9.84 Å². The standard InChI is InChI=1S/C20H40O2S/c1-2-3-4-5-6-7-8-9-10-11-12-16-19-23(21,22)20-17-14-13-15-18-20/h20H,2-19H2,1H3. The fourth-order valence-electron chi connectivity index (χ4n) is 3.74. The maximum Gasteiger partial charge on any atom is 0.153 e. The fraction of sp³-hybridized carbons (Fsp3) is 1.00. The third-order valence-corrected chi connectivity index (χ3v) is 7.69. The van der Waals surface area contributed by atoms with E-state index >= 15 is 0 Å². The summed E-state index contributed by atoms with van der Waals surface area (Å²) in [5.41, 5.74) is 0. The van der Waals surface area contributed by atoms with Crippen molar-refractivity contribution < 1.29 is 8.42 Å². The minimum absolute atomic E-state index is 0.0102. The van der Waals surface area contributed by atoms with Gasteiger partial charge in [-0.3, -0.25) is 0 Å². The Morgan fingerprint density at radius 1 is 0.652 bits per heavy atom. The number of unbranched alkanes of at least 4 members (excludes halogenated alkanes) is 11. The second-order valence-corrected chi connectivity index (χ2v) is 9.92. The van der Waals surface area contributed by atoms with E-state index in [1.54, 1.807) is 0 Å². The molecular weight excluding hydrogens is 304 g/mol. The van der Waals surface area contributed by atoms with Crippen molar-refractivity contribution in [1.29, 1.82) is 0 Å². The van der Waals surface area contributed by atoms with Crippen LogP contribution in [0, 0.1) is 0 Å². The van der Waals surface area contributed by atoms with E-state index in [-0.39, 0.29) is 5.25 Å². The molecule has 0 radical (unpaired) electrons. The van der Waals surface area contributed by atoms with Crippen molar-refractivity contribution in [3.8, 4) is 0 Å². The van der Waals surface area contributed by atoms with E-state index in [0.717, 1.165) is 38.5 Å². The molecule has 2 nitrogen and oxygen atoms in total. The van der Waals surface area contributed by atoms with Gasteiger partial charge >= 0.3 is 0 Å². The van der Waals surface area contributed by atoms with Crippen molar-refractivity contribution in [1.82, 2.24) is 0 Å². The van der Waals surface area contributed by atoms with Gasteiger partial charge in [-0.1, -0.05) is 96.8 Å². The van der Waals surface area contributed by atoms with Crippen LogP contribution in [-0.2, 0) is 9.84 Å². The predicted molar refractivity (Wildman–Crippen MR) is 102 cm³/mol.